The molecule has 10 heteroatoms. The van der Waals surface area contributed by atoms with Gasteiger partial charge in [-0.15, -0.1) is 0 Å². The number of fused-ring (bicyclic) bond motifs is 1. The SMILES string of the molecule is CC(=O)c1nn(CC(=O)N2C[C@H](F)C[C@H]2C(=O)NCc2cccc(C)c2F)c2cc(OCC3CC3)ccc12. The van der Waals surface area contributed by atoms with Crippen LogP contribution in [0.25, 0.3) is 10.9 Å². The summed E-state index contributed by atoms with van der Waals surface area (Å²) in [7, 11) is 0. The second kappa shape index (κ2) is 10.5. The maximum atomic E-state index is 14.4. The summed E-state index contributed by atoms with van der Waals surface area (Å²) in [6.07, 6.45) is 0.771. The number of halogens is 2. The van der Waals surface area contributed by atoms with Crippen LogP contribution < -0.4 is 10.1 Å². The number of carbonyl (C=O) groups is 3. The van der Waals surface area contributed by atoms with E-state index in [-0.39, 0.29) is 37.5 Å². The van der Waals surface area contributed by atoms with Gasteiger partial charge in [-0.1, -0.05) is 18.2 Å². The lowest BCUT2D eigenvalue weighted by atomic mass is 10.1. The molecular weight excluding hydrogens is 494 g/mol. The van der Waals surface area contributed by atoms with Crippen molar-refractivity contribution in [2.24, 2.45) is 5.92 Å². The summed E-state index contributed by atoms with van der Waals surface area (Å²) in [5, 5.41) is 7.59. The Morgan fingerprint density at radius 3 is 2.71 bits per heavy atom. The van der Waals surface area contributed by atoms with Crippen LogP contribution in [0.5, 0.6) is 5.75 Å². The molecule has 8 nitrogen and oxygen atoms in total. The Bertz CT molecular complexity index is 1400. The standard InChI is InChI=1S/C28H30F2N4O4/c1-16-4-3-5-19(26(16)30)12-31-28(37)24-10-20(29)13-33(24)25(36)14-34-23-11-21(38-15-18-6-7-18)8-9-22(23)27(32-34)17(2)35/h3-5,8-9,11,18,20,24H,6-7,10,12-15H2,1-2H3,(H,31,37)/t20-,24+/m1/s1. The first-order valence-electron chi connectivity index (χ1n) is 12.8. The molecule has 200 valence electrons. The molecule has 5 rings (SSSR count). The van der Waals surface area contributed by atoms with Crippen molar-refractivity contribution in [3.05, 3.63) is 59.0 Å². The number of hydrogen-bond acceptors (Lipinski definition) is 5. The summed E-state index contributed by atoms with van der Waals surface area (Å²) in [4.78, 5) is 39.7. The molecule has 2 heterocycles. The normalized spacial score (nSPS) is 19.1. The van der Waals surface area contributed by atoms with E-state index in [0.717, 1.165) is 12.8 Å². The molecule has 2 amide bonds. The number of aryl methyl sites for hydroxylation is 1. The number of nitrogens with one attached hydrogen (secondary N) is 1. The highest BCUT2D eigenvalue weighted by molar-refractivity contribution is 6.05. The van der Waals surface area contributed by atoms with Gasteiger partial charge in [0, 0.05) is 36.9 Å². The number of Topliss-reactive ketones (excluding diaryl/α,β-unsaturated/α-hetero) is 1. The highest BCUT2D eigenvalue weighted by atomic mass is 19.1. The van der Waals surface area contributed by atoms with Crippen molar-refractivity contribution in [2.75, 3.05) is 13.2 Å². The van der Waals surface area contributed by atoms with Crippen LogP contribution >= 0.6 is 0 Å². The fourth-order valence-electron chi connectivity index (χ4n) is 4.80. The molecular formula is C28H30F2N4O4. The number of alkyl halides is 1. The number of hydrogen-bond donors (Lipinski definition) is 1. The molecule has 1 aromatic heterocycles. The van der Waals surface area contributed by atoms with Crippen molar-refractivity contribution in [1.82, 2.24) is 20.0 Å². The van der Waals surface area contributed by atoms with E-state index >= 15 is 0 Å². The van der Waals surface area contributed by atoms with Crippen LogP contribution in [-0.4, -0.2) is 57.6 Å². The van der Waals surface area contributed by atoms with Crippen LogP contribution in [0.15, 0.2) is 36.4 Å². The van der Waals surface area contributed by atoms with Crippen LogP contribution in [0, 0.1) is 18.7 Å². The van der Waals surface area contributed by atoms with E-state index in [9.17, 15) is 23.2 Å². The van der Waals surface area contributed by atoms with Crippen LogP contribution in [0.1, 0.15) is 47.8 Å². The third kappa shape index (κ3) is 5.39. The van der Waals surface area contributed by atoms with E-state index in [1.165, 1.54) is 16.5 Å². The summed E-state index contributed by atoms with van der Waals surface area (Å²) in [5.41, 5.74) is 1.53. The van der Waals surface area contributed by atoms with Gasteiger partial charge >= 0.3 is 0 Å². The average molecular weight is 525 g/mol. The van der Waals surface area contributed by atoms with Crippen LogP contribution in [-0.2, 0) is 22.7 Å². The lowest BCUT2D eigenvalue weighted by molar-refractivity contribution is -0.139. The Kier molecular flexibility index (Phi) is 7.14. The second-order valence-electron chi connectivity index (χ2n) is 10.2. The Balaban J connectivity index is 1.33. The van der Waals surface area contributed by atoms with Gasteiger partial charge in [0.15, 0.2) is 5.78 Å². The maximum Gasteiger partial charge on any atom is 0.245 e. The molecule has 1 saturated heterocycles. The topological polar surface area (TPSA) is 93.5 Å². The van der Waals surface area contributed by atoms with Crippen LogP contribution in [0.3, 0.4) is 0 Å². The van der Waals surface area contributed by atoms with Gasteiger partial charge in [-0.2, -0.15) is 5.10 Å². The van der Waals surface area contributed by atoms with Crippen molar-refractivity contribution in [2.45, 2.75) is 58.4 Å². The first-order valence-corrected chi connectivity index (χ1v) is 12.8. The predicted molar refractivity (Wildman–Crippen MR) is 136 cm³/mol. The molecule has 2 fully saturated rings. The number of nitrogens with zero attached hydrogens (tertiary/aromatic N) is 3. The van der Waals surface area contributed by atoms with Crippen molar-refractivity contribution in [3.8, 4) is 5.75 Å². The highest BCUT2D eigenvalue weighted by Crippen LogP contribution is 2.31. The zero-order valence-corrected chi connectivity index (χ0v) is 21.4. The molecule has 38 heavy (non-hydrogen) atoms. The van der Waals surface area contributed by atoms with Gasteiger partial charge in [-0.25, -0.2) is 8.78 Å². The third-order valence-corrected chi connectivity index (χ3v) is 7.12. The Morgan fingerprint density at radius 2 is 1.97 bits per heavy atom. The van der Waals surface area contributed by atoms with Gasteiger partial charge in [0.05, 0.1) is 18.7 Å². The molecule has 2 aromatic carbocycles. The highest BCUT2D eigenvalue weighted by Gasteiger charge is 2.40. The molecule has 2 atom stereocenters. The van der Waals surface area contributed by atoms with Crippen molar-refractivity contribution in [3.63, 3.8) is 0 Å². The first kappa shape index (κ1) is 25.8. The summed E-state index contributed by atoms with van der Waals surface area (Å²) in [5.74, 6) is -0.555. The Hall–Kier alpha value is -3.82. The number of amides is 2. The minimum absolute atomic E-state index is 0.0722. The number of benzene rings is 2. The average Bonchev–Trinajstić information content (AvgIpc) is 3.54. The molecule has 0 radical (unpaired) electrons. The number of rotatable bonds is 9. The lowest BCUT2D eigenvalue weighted by Crippen LogP contribution is -2.46. The fourth-order valence-corrected chi connectivity index (χ4v) is 4.80. The number of ether oxygens (including phenoxy) is 1. The summed E-state index contributed by atoms with van der Waals surface area (Å²) in [6, 6.07) is 9.12. The monoisotopic (exact) mass is 524 g/mol. The number of carbonyl (C=O) groups excluding carboxylic acids is 3. The molecule has 2 aliphatic rings. The Morgan fingerprint density at radius 1 is 1.18 bits per heavy atom. The zero-order valence-electron chi connectivity index (χ0n) is 21.4. The summed E-state index contributed by atoms with van der Waals surface area (Å²) < 4.78 is 36.0. The van der Waals surface area contributed by atoms with E-state index < -0.39 is 29.8 Å². The van der Waals surface area contributed by atoms with E-state index in [4.69, 9.17) is 4.74 Å². The van der Waals surface area contributed by atoms with Gasteiger partial charge in [0.1, 0.15) is 36.0 Å². The molecule has 1 aliphatic carbocycles. The number of aromatic nitrogens is 2. The van der Waals surface area contributed by atoms with E-state index in [1.54, 1.807) is 43.3 Å². The predicted octanol–water partition coefficient (Wildman–Crippen LogP) is 3.73. The van der Waals surface area contributed by atoms with E-state index in [1.807, 2.05) is 0 Å². The molecule has 1 aliphatic heterocycles. The third-order valence-electron chi connectivity index (χ3n) is 7.12. The van der Waals surface area contributed by atoms with Crippen molar-refractivity contribution >= 4 is 28.5 Å². The Labute approximate surface area is 218 Å². The lowest BCUT2D eigenvalue weighted by Gasteiger charge is -2.24. The van der Waals surface area contributed by atoms with Gasteiger partial charge in [0.2, 0.25) is 11.8 Å². The van der Waals surface area contributed by atoms with Crippen molar-refractivity contribution < 1.29 is 27.9 Å². The zero-order chi connectivity index (χ0) is 27.0. The summed E-state index contributed by atoms with van der Waals surface area (Å²) >= 11 is 0. The minimum atomic E-state index is -1.37. The largest absolute Gasteiger partial charge is 0.493 e. The van der Waals surface area contributed by atoms with E-state index in [0.29, 0.717) is 40.3 Å². The second-order valence-corrected chi connectivity index (χ2v) is 10.2. The van der Waals surface area contributed by atoms with E-state index in [2.05, 4.69) is 10.4 Å². The van der Waals surface area contributed by atoms with Gasteiger partial charge in [-0.05, 0) is 43.4 Å². The molecule has 1 N–H and O–H groups in total. The molecule has 3 aromatic rings. The van der Waals surface area contributed by atoms with Crippen LogP contribution in [0.4, 0.5) is 8.78 Å². The first-order chi connectivity index (χ1) is 18.2. The fraction of sp³-hybridized carbons (Fsp3) is 0.429. The summed E-state index contributed by atoms with van der Waals surface area (Å²) in [6.45, 7) is 3.05. The minimum Gasteiger partial charge on any atom is -0.493 e. The van der Waals surface area contributed by atoms with Crippen LogP contribution in [0.2, 0.25) is 0 Å². The molecule has 0 unspecified atom stereocenters. The maximum absolute atomic E-state index is 14.4. The molecule has 1 saturated carbocycles. The number of likely N-dealkylation sites (tertiary alicyclic amines) is 1. The van der Waals surface area contributed by atoms with Gasteiger partial charge < -0.3 is 15.0 Å². The number of ketones is 1. The van der Waals surface area contributed by atoms with Crippen molar-refractivity contribution in [1.29, 1.82) is 0 Å². The van der Waals surface area contributed by atoms with Gasteiger partial charge in [0.25, 0.3) is 0 Å². The molecule has 0 bridgehead atoms. The smallest absolute Gasteiger partial charge is 0.245 e. The van der Waals surface area contributed by atoms with Gasteiger partial charge in [-0.3, -0.25) is 19.1 Å². The quantitative estimate of drug-likeness (QED) is 0.431. The molecule has 0 spiro atoms.